The maximum absolute atomic E-state index is 11.5. The second kappa shape index (κ2) is 3.72. The maximum Gasteiger partial charge on any atom is 0.231 e. The molecule has 0 saturated carbocycles. The molecule has 0 atom stereocenters. The van der Waals surface area contributed by atoms with E-state index in [2.05, 4.69) is 0 Å². The van der Waals surface area contributed by atoms with Crippen molar-refractivity contribution < 1.29 is 14.3 Å². The van der Waals surface area contributed by atoms with Crippen molar-refractivity contribution in [2.75, 3.05) is 13.3 Å². The minimum absolute atomic E-state index is 0.0448. The Labute approximate surface area is 91.9 Å². The Morgan fingerprint density at radius 2 is 2.33 bits per heavy atom. The summed E-state index contributed by atoms with van der Waals surface area (Å²) in [5.74, 6) is 0.845. The number of carbonyl (C=O) groups excluding carboxylic acids is 1. The van der Waals surface area contributed by atoms with Gasteiger partial charge in [-0.2, -0.15) is 0 Å². The molecule has 15 heavy (non-hydrogen) atoms. The normalized spacial score (nSPS) is 13.0. The molecule has 0 fully saturated rings. The lowest BCUT2D eigenvalue weighted by atomic mass is 10.0. The molecule has 4 nitrogen and oxygen atoms in total. The molecule has 80 valence electrons. The molecule has 0 spiro atoms. The predicted octanol–water partition coefficient (Wildman–Crippen LogP) is 1.52. The summed E-state index contributed by atoms with van der Waals surface area (Å²) >= 11 is 6.05. The van der Waals surface area contributed by atoms with E-state index in [0.29, 0.717) is 27.6 Å². The highest BCUT2D eigenvalue weighted by Crippen LogP contribution is 2.42. The molecule has 0 radical (unpaired) electrons. The van der Waals surface area contributed by atoms with Gasteiger partial charge < -0.3 is 15.2 Å². The zero-order valence-corrected chi connectivity index (χ0v) is 8.93. The summed E-state index contributed by atoms with van der Waals surface area (Å²) in [6.07, 6.45) is 0. The molecule has 2 rings (SSSR count). The number of hydrogen-bond acceptors (Lipinski definition) is 4. The van der Waals surface area contributed by atoms with Crippen LogP contribution in [0.3, 0.4) is 0 Å². The smallest absolute Gasteiger partial charge is 0.231 e. The van der Waals surface area contributed by atoms with Crippen LogP contribution in [0.2, 0.25) is 5.02 Å². The molecule has 0 bridgehead atoms. The molecular weight excluding hydrogens is 218 g/mol. The number of carbonyl (C=O) groups is 1. The van der Waals surface area contributed by atoms with Gasteiger partial charge in [0, 0.05) is 5.56 Å². The van der Waals surface area contributed by atoms with Crippen LogP contribution in [0.25, 0.3) is 0 Å². The monoisotopic (exact) mass is 227 g/mol. The van der Waals surface area contributed by atoms with Gasteiger partial charge >= 0.3 is 0 Å². The van der Waals surface area contributed by atoms with Crippen molar-refractivity contribution in [3.8, 4) is 11.5 Å². The van der Waals surface area contributed by atoms with Crippen LogP contribution in [0.4, 0.5) is 0 Å². The lowest BCUT2D eigenvalue weighted by Crippen LogP contribution is -2.14. The molecule has 0 aliphatic carbocycles. The lowest BCUT2D eigenvalue weighted by molar-refractivity contribution is 0.100. The van der Waals surface area contributed by atoms with Crippen molar-refractivity contribution >= 4 is 17.4 Å². The van der Waals surface area contributed by atoms with Gasteiger partial charge in [-0.05, 0) is 18.6 Å². The summed E-state index contributed by atoms with van der Waals surface area (Å²) in [7, 11) is 0. The lowest BCUT2D eigenvalue weighted by Gasteiger charge is -2.08. The average Bonchev–Trinajstić information content (AvgIpc) is 2.70. The van der Waals surface area contributed by atoms with Gasteiger partial charge in [0.25, 0.3) is 0 Å². The van der Waals surface area contributed by atoms with Crippen LogP contribution in [0.5, 0.6) is 11.5 Å². The summed E-state index contributed by atoms with van der Waals surface area (Å²) in [4.78, 5) is 11.5. The van der Waals surface area contributed by atoms with Gasteiger partial charge in [-0.3, -0.25) is 4.79 Å². The standard InChI is InChI=1S/C10H10ClNO3/c1-5-6(7(13)3-12)2-8-10(9(5)11)15-4-14-8/h2H,3-4,12H2,1H3. The Morgan fingerprint density at radius 1 is 1.60 bits per heavy atom. The molecule has 1 aliphatic rings. The summed E-state index contributed by atoms with van der Waals surface area (Å²) in [6, 6.07) is 1.62. The summed E-state index contributed by atoms with van der Waals surface area (Å²) in [6.45, 7) is 1.85. The number of Topliss-reactive ketones (excluding diaryl/α,β-unsaturated/α-hetero) is 1. The zero-order valence-electron chi connectivity index (χ0n) is 8.17. The van der Waals surface area contributed by atoms with E-state index in [1.165, 1.54) is 0 Å². The first-order valence-corrected chi connectivity index (χ1v) is 4.85. The van der Waals surface area contributed by atoms with Gasteiger partial charge in [0.15, 0.2) is 17.3 Å². The number of ether oxygens (including phenoxy) is 2. The van der Waals surface area contributed by atoms with Crippen molar-refractivity contribution in [3.05, 3.63) is 22.2 Å². The number of fused-ring (bicyclic) bond motifs is 1. The minimum atomic E-state index is -0.160. The van der Waals surface area contributed by atoms with Crippen LogP contribution in [0.15, 0.2) is 6.07 Å². The average molecular weight is 228 g/mol. The molecule has 0 unspecified atom stereocenters. The molecule has 5 heteroatoms. The molecule has 0 aromatic heterocycles. The van der Waals surface area contributed by atoms with Gasteiger partial charge in [0.2, 0.25) is 6.79 Å². The third-order valence-corrected chi connectivity index (χ3v) is 2.79. The highest BCUT2D eigenvalue weighted by atomic mass is 35.5. The van der Waals surface area contributed by atoms with Crippen LogP contribution in [-0.2, 0) is 0 Å². The Balaban J connectivity index is 2.59. The Kier molecular flexibility index (Phi) is 2.54. The van der Waals surface area contributed by atoms with E-state index < -0.39 is 0 Å². The fraction of sp³-hybridized carbons (Fsp3) is 0.300. The van der Waals surface area contributed by atoms with Crippen LogP contribution in [0.1, 0.15) is 15.9 Å². The first kappa shape index (κ1) is 10.3. The number of halogens is 1. The zero-order chi connectivity index (χ0) is 11.0. The predicted molar refractivity (Wildman–Crippen MR) is 55.7 cm³/mol. The molecule has 0 amide bonds. The maximum atomic E-state index is 11.5. The van der Waals surface area contributed by atoms with E-state index in [1.807, 2.05) is 0 Å². The van der Waals surface area contributed by atoms with Crippen LogP contribution >= 0.6 is 11.6 Å². The number of benzene rings is 1. The largest absolute Gasteiger partial charge is 0.454 e. The first-order chi connectivity index (χ1) is 7.15. The van der Waals surface area contributed by atoms with E-state index in [4.69, 9.17) is 26.8 Å². The Morgan fingerprint density at radius 3 is 3.00 bits per heavy atom. The highest BCUT2D eigenvalue weighted by molar-refractivity contribution is 6.33. The summed E-state index contributed by atoms with van der Waals surface area (Å²) in [5, 5.41) is 0.418. The van der Waals surface area contributed by atoms with Crippen LogP contribution in [-0.4, -0.2) is 19.1 Å². The van der Waals surface area contributed by atoms with E-state index in [0.717, 1.165) is 0 Å². The third-order valence-electron chi connectivity index (χ3n) is 2.34. The minimum Gasteiger partial charge on any atom is -0.454 e. The number of nitrogens with two attached hydrogens (primary N) is 1. The van der Waals surface area contributed by atoms with E-state index >= 15 is 0 Å². The van der Waals surface area contributed by atoms with Crippen molar-refractivity contribution in [3.63, 3.8) is 0 Å². The molecule has 2 N–H and O–H groups in total. The van der Waals surface area contributed by atoms with Gasteiger partial charge in [-0.25, -0.2) is 0 Å². The van der Waals surface area contributed by atoms with Gasteiger partial charge in [0.05, 0.1) is 11.6 Å². The van der Waals surface area contributed by atoms with Crippen molar-refractivity contribution in [2.24, 2.45) is 5.73 Å². The fourth-order valence-electron chi connectivity index (χ4n) is 1.49. The second-order valence-corrected chi connectivity index (χ2v) is 3.60. The Bertz CT molecular complexity index is 431. The second-order valence-electron chi connectivity index (χ2n) is 3.22. The molecule has 1 aliphatic heterocycles. The van der Waals surface area contributed by atoms with Crippen molar-refractivity contribution in [2.45, 2.75) is 6.92 Å². The topological polar surface area (TPSA) is 61.6 Å². The third kappa shape index (κ3) is 1.56. The number of hydrogen-bond donors (Lipinski definition) is 1. The molecular formula is C10H10ClNO3. The van der Waals surface area contributed by atoms with Gasteiger partial charge in [-0.15, -0.1) is 0 Å². The molecule has 0 saturated heterocycles. The fourth-order valence-corrected chi connectivity index (χ4v) is 1.74. The van der Waals surface area contributed by atoms with E-state index in [9.17, 15) is 4.79 Å². The summed E-state index contributed by atoms with van der Waals surface area (Å²) < 4.78 is 10.4. The quantitative estimate of drug-likeness (QED) is 0.779. The van der Waals surface area contributed by atoms with Gasteiger partial charge in [0.1, 0.15) is 0 Å². The Hall–Kier alpha value is -1.26. The van der Waals surface area contributed by atoms with Crippen LogP contribution in [0, 0.1) is 6.92 Å². The van der Waals surface area contributed by atoms with E-state index in [-0.39, 0.29) is 19.1 Å². The van der Waals surface area contributed by atoms with E-state index in [1.54, 1.807) is 13.0 Å². The van der Waals surface area contributed by atoms with Crippen LogP contribution < -0.4 is 15.2 Å². The molecule has 1 aromatic carbocycles. The number of ketones is 1. The van der Waals surface area contributed by atoms with Gasteiger partial charge in [-0.1, -0.05) is 11.6 Å². The first-order valence-electron chi connectivity index (χ1n) is 4.47. The SMILES string of the molecule is Cc1c(C(=O)CN)cc2c(c1Cl)OCO2. The number of rotatable bonds is 2. The summed E-state index contributed by atoms with van der Waals surface area (Å²) in [5.41, 5.74) is 6.47. The van der Waals surface area contributed by atoms with Crippen molar-refractivity contribution in [1.82, 2.24) is 0 Å². The molecule has 1 heterocycles. The van der Waals surface area contributed by atoms with Crippen molar-refractivity contribution in [1.29, 1.82) is 0 Å². The molecule has 1 aromatic rings. The highest BCUT2D eigenvalue weighted by Gasteiger charge is 2.23.